The number of hydrogen-bond acceptors (Lipinski definition) is 4. The second-order valence-corrected chi connectivity index (χ2v) is 6.00. The Kier molecular flexibility index (Phi) is 4.84. The first kappa shape index (κ1) is 17.4. The number of rotatable bonds is 5. The van der Waals surface area contributed by atoms with Gasteiger partial charge < -0.3 is 15.6 Å². The molecule has 2 amide bonds. The van der Waals surface area contributed by atoms with Crippen molar-refractivity contribution in [2.75, 3.05) is 0 Å². The Morgan fingerprint density at radius 1 is 1.04 bits per heavy atom. The van der Waals surface area contributed by atoms with Gasteiger partial charge in [-0.05, 0) is 31.5 Å². The maximum atomic E-state index is 12.2. The highest BCUT2D eigenvalue weighted by molar-refractivity contribution is 5.97. The van der Waals surface area contributed by atoms with Crippen LogP contribution in [0.3, 0.4) is 0 Å². The largest absolute Gasteiger partial charge is 0.368 e. The van der Waals surface area contributed by atoms with Crippen LogP contribution < -0.4 is 11.1 Å². The molecule has 26 heavy (non-hydrogen) atoms. The lowest BCUT2D eigenvalue weighted by Gasteiger charge is -2.10. The first-order chi connectivity index (χ1) is 12.5. The number of carbonyl (C=O) groups excluding carboxylic acids is 2. The van der Waals surface area contributed by atoms with E-state index >= 15 is 0 Å². The fraction of sp³-hybridized carbons (Fsp3) is 0.150. The van der Waals surface area contributed by atoms with Crippen molar-refractivity contribution in [3.63, 3.8) is 0 Å². The summed E-state index contributed by atoms with van der Waals surface area (Å²) < 4.78 is 5.38. The molecule has 0 saturated heterocycles. The Morgan fingerprint density at radius 2 is 1.69 bits per heavy atom. The van der Waals surface area contributed by atoms with Gasteiger partial charge in [0.1, 0.15) is 17.5 Å². The van der Waals surface area contributed by atoms with E-state index in [4.69, 9.17) is 10.3 Å². The maximum absolute atomic E-state index is 12.2. The molecule has 3 rings (SSSR count). The van der Waals surface area contributed by atoms with Crippen LogP contribution in [-0.4, -0.2) is 23.0 Å². The Morgan fingerprint density at radius 3 is 2.31 bits per heavy atom. The van der Waals surface area contributed by atoms with Crippen molar-refractivity contribution >= 4 is 11.8 Å². The predicted octanol–water partition coefficient (Wildman–Crippen LogP) is 2.92. The number of hydrogen-bond donors (Lipinski definition) is 2. The molecule has 1 heterocycles. The minimum Gasteiger partial charge on any atom is -0.368 e. The number of nitrogens with two attached hydrogens (primary N) is 1. The van der Waals surface area contributed by atoms with Crippen LogP contribution in [0.2, 0.25) is 0 Å². The van der Waals surface area contributed by atoms with Gasteiger partial charge in [0, 0.05) is 11.1 Å². The van der Waals surface area contributed by atoms with E-state index in [9.17, 15) is 9.59 Å². The Labute approximate surface area is 151 Å². The molecule has 1 atom stereocenters. The Bertz CT molecular complexity index is 931. The van der Waals surface area contributed by atoms with E-state index in [1.165, 1.54) is 0 Å². The molecule has 0 radical (unpaired) electrons. The van der Waals surface area contributed by atoms with Gasteiger partial charge in [-0.3, -0.25) is 9.59 Å². The lowest BCUT2D eigenvalue weighted by Crippen LogP contribution is -2.42. The number of aromatic nitrogens is 1. The molecule has 0 aliphatic heterocycles. The summed E-state index contributed by atoms with van der Waals surface area (Å²) in [5.41, 5.74) is 9.09. The topological polar surface area (TPSA) is 98.2 Å². The quantitative estimate of drug-likeness (QED) is 0.740. The van der Waals surface area contributed by atoms with Gasteiger partial charge in [0.25, 0.3) is 5.91 Å². The van der Waals surface area contributed by atoms with Crippen molar-refractivity contribution < 1.29 is 14.1 Å². The third-order valence-electron chi connectivity index (χ3n) is 4.12. The highest BCUT2D eigenvalue weighted by atomic mass is 16.5. The zero-order valence-corrected chi connectivity index (χ0v) is 14.5. The number of amides is 2. The van der Waals surface area contributed by atoms with E-state index in [-0.39, 0.29) is 5.91 Å². The Balaban J connectivity index is 1.89. The van der Waals surface area contributed by atoms with E-state index in [0.717, 1.165) is 22.4 Å². The number of benzene rings is 2. The molecule has 132 valence electrons. The van der Waals surface area contributed by atoms with Crippen molar-refractivity contribution in [3.05, 3.63) is 65.9 Å². The van der Waals surface area contributed by atoms with E-state index in [0.29, 0.717) is 11.3 Å². The van der Waals surface area contributed by atoms with Crippen LogP contribution in [0.15, 0.2) is 59.1 Å². The third-order valence-corrected chi connectivity index (χ3v) is 4.12. The fourth-order valence-electron chi connectivity index (χ4n) is 2.64. The molecule has 3 aromatic rings. The second kappa shape index (κ2) is 7.23. The molecule has 0 aliphatic rings. The van der Waals surface area contributed by atoms with Crippen LogP contribution in [0.25, 0.3) is 22.4 Å². The summed E-state index contributed by atoms with van der Waals surface area (Å²) in [5, 5.41) is 6.73. The maximum Gasteiger partial charge on any atom is 0.251 e. The first-order valence-electron chi connectivity index (χ1n) is 8.19. The highest BCUT2D eigenvalue weighted by Crippen LogP contribution is 2.34. The summed E-state index contributed by atoms with van der Waals surface area (Å²) in [5.74, 6) is -0.237. The van der Waals surface area contributed by atoms with Crippen LogP contribution in [0, 0.1) is 6.92 Å². The van der Waals surface area contributed by atoms with Crippen LogP contribution in [0.5, 0.6) is 0 Å². The molecule has 2 aromatic carbocycles. The second-order valence-electron chi connectivity index (χ2n) is 6.00. The molecule has 0 unspecified atom stereocenters. The number of carbonyl (C=O) groups is 2. The minimum atomic E-state index is -0.729. The predicted molar refractivity (Wildman–Crippen MR) is 98.2 cm³/mol. The molecule has 0 saturated carbocycles. The highest BCUT2D eigenvalue weighted by Gasteiger charge is 2.18. The smallest absolute Gasteiger partial charge is 0.251 e. The standard InChI is InChI=1S/C20H19N3O3/c1-12(19(21)24)22-20(25)16-10-8-14(9-11-16)17-13(2)26-23-18(17)15-6-4-3-5-7-15/h3-12H,1-2H3,(H2,21,24)(H,22,25)/t12-/m1/s1. The summed E-state index contributed by atoms with van der Waals surface area (Å²) in [4.78, 5) is 23.2. The molecule has 0 aliphatic carbocycles. The normalized spacial score (nSPS) is 11.8. The molecule has 1 aromatic heterocycles. The van der Waals surface area contributed by atoms with Crippen molar-refractivity contribution in [1.29, 1.82) is 0 Å². The molecule has 6 nitrogen and oxygen atoms in total. The van der Waals surface area contributed by atoms with Gasteiger partial charge in [-0.25, -0.2) is 0 Å². The summed E-state index contributed by atoms with van der Waals surface area (Å²) in [7, 11) is 0. The molecular weight excluding hydrogens is 330 g/mol. The number of nitrogens with one attached hydrogen (secondary N) is 1. The SMILES string of the molecule is Cc1onc(-c2ccccc2)c1-c1ccc(C(=O)N[C@H](C)C(N)=O)cc1. The number of nitrogens with zero attached hydrogens (tertiary/aromatic N) is 1. The third kappa shape index (κ3) is 3.49. The van der Waals surface area contributed by atoms with Crippen LogP contribution in [0.4, 0.5) is 0 Å². The van der Waals surface area contributed by atoms with Crippen molar-refractivity contribution in [2.45, 2.75) is 19.9 Å². The van der Waals surface area contributed by atoms with Gasteiger partial charge in [0.2, 0.25) is 5.91 Å². The molecular formula is C20H19N3O3. The lowest BCUT2D eigenvalue weighted by atomic mass is 9.98. The Hall–Kier alpha value is -3.41. The van der Waals surface area contributed by atoms with Crippen LogP contribution in [-0.2, 0) is 4.79 Å². The van der Waals surface area contributed by atoms with Gasteiger partial charge >= 0.3 is 0 Å². The van der Waals surface area contributed by atoms with Crippen molar-refractivity contribution in [2.24, 2.45) is 5.73 Å². The van der Waals surface area contributed by atoms with Crippen LogP contribution >= 0.6 is 0 Å². The molecule has 0 fully saturated rings. The van der Waals surface area contributed by atoms with Crippen molar-refractivity contribution in [1.82, 2.24) is 10.5 Å². The van der Waals surface area contributed by atoms with E-state index in [1.54, 1.807) is 19.1 Å². The summed E-state index contributed by atoms with van der Waals surface area (Å²) in [6, 6.07) is 16.1. The molecule has 0 bridgehead atoms. The average Bonchev–Trinajstić information content (AvgIpc) is 3.04. The zero-order valence-electron chi connectivity index (χ0n) is 14.5. The lowest BCUT2D eigenvalue weighted by molar-refractivity contribution is -0.119. The first-order valence-corrected chi connectivity index (χ1v) is 8.19. The van der Waals surface area contributed by atoms with Gasteiger partial charge in [-0.15, -0.1) is 0 Å². The van der Waals surface area contributed by atoms with Gasteiger partial charge in [0.05, 0.1) is 5.56 Å². The monoisotopic (exact) mass is 349 g/mol. The minimum absolute atomic E-state index is 0.354. The molecule has 6 heteroatoms. The van der Waals surface area contributed by atoms with E-state index in [1.807, 2.05) is 49.4 Å². The number of aryl methyl sites for hydroxylation is 1. The molecule has 0 spiro atoms. The van der Waals surface area contributed by atoms with Gasteiger partial charge in [-0.2, -0.15) is 0 Å². The zero-order chi connectivity index (χ0) is 18.7. The summed E-state index contributed by atoms with van der Waals surface area (Å²) >= 11 is 0. The van der Waals surface area contributed by atoms with Gasteiger partial charge in [0.15, 0.2) is 0 Å². The van der Waals surface area contributed by atoms with Gasteiger partial charge in [-0.1, -0.05) is 47.6 Å². The van der Waals surface area contributed by atoms with Crippen LogP contribution in [0.1, 0.15) is 23.0 Å². The van der Waals surface area contributed by atoms with E-state index in [2.05, 4.69) is 10.5 Å². The summed E-state index contributed by atoms with van der Waals surface area (Å²) in [6.07, 6.45) is 0. The summed E-state index contributed by atoms with van der Waals surface area (Å²) in [6.45, 7) is 3.39. The van der Waals surface area contributed by atoms with E-state index < -0.39 is 11.9 Å². The molecule has 3 N–H and O–H groups in total. The average molecular weight is 349 g/mol. The van der Waals surface area contributed by atoms with Crippen molar-refractivity contribution in [3.8, 4) is 22.4 Å². The number of primary amides is 1. The fourth-order valence-corrected chi connectivity index (χ4v) is 2.64.